The molecule has 2 aliphatic heterocycles. The number of alkyl halides is 3. The van der Waals surface area contributed by atoms with Crippen molar-refractivity contribution in [2.45, 2.75) is 24.9 Å². The van der Waals surface area contributed by atoms with Gasteiger partial charge in [0.2, 0.25) is 0 Å². The molecule has 3 aliphatic rings. The van der Waals surface area contributed by atoms with Crippen molar-refractivity contribution in [1.82, 2.24) is 20.0 Å². The van der Waals surface area contributed by atoms with E-state index < -0.39 is 11.7 Å². The minimum absolute atomic E-state index is 0.0467. The Kier molecular flexibility index (Phi) is 4.01. The van der Waals surface area contributed by atoms with Crippen LogP contribution in [0.3, 0.4) is 0 Å². The third kappa shape index (κ3) is 2.99. The van der Waals surface area contributed by atoms with Crippen molar-refractivity contribution in [2.24, 2.45) is 11.8 Å². The highest BCUT2D eigenvalue weighted by molar-refractivity contribution is 5.96. The number of amides is 1. The van der Waals surface area contributed by atoms with E-state index in [1.54, 1.807) is 6.07 Å². The van der Waals surface area contributed by atoms with Crippen LogP contribution in [0.25, 0.3) is 5.69 Å². The molecule has 0 spiro atoms. The normalized spacial score (nSPS) is 24.6. The number of carbonyl (C=O) groups is 1. The van der Waals surface area contributed by atoms with Crippen molar-refractivity contribution in [3.05, 3.63) is 47.3 Å². The molecule has 0 radical (unpaired) electrons. The predicted octanol–water partition coefficient (Wildman–Crippen LogP) is 3.06. The number of nitrogens with zero attached hydrogens (tertiary/aromatic N) is 3. The minimum Gasteiger partial charge on any atom is -0.338 e. The first kappa shape index (κ1) is 17.7. The molecule has 1 aromatic carbocycles. The highest BCUT2D eigenvalue weighted by Crippen LogP contribution is 2.43. The zero-order valence-corrected chi connectivity index (χ0v) is 15.2. The van der Waals surface area contributed by atoms with Gasteiger partial charge in [-0.2, -0.15) is 18.3 Å². The maximum absolute atomic E-state index is 13.2. The van der Waals surface area contributed by atoms with Gasteiger partial charge in [0.25, 0.3) is 5.91 Å². The molecule has 1 amide bonds. The monoisotopic (exact) mass is 390 g/mol. The molecule has 2 aromatic rings. The van der Waals surface area contributed by atoms with Gasteiger partial charge < -0.3 is 10.2 Å². The first-order chi connectivity index (χ1) is 13.4. The maximum Gasteiger partial charge on any atom is 0.416 e. The molecule has 8 heteroatoms. The highest BCUT2D eigenvalue weighted by atomic mass is 19.4. The largest absolute Gasteiger partial charge is 0.416 e. The summed E-state index contributed by atoms with van der Waals surface area (Å²) < 4.78 is 40.9. The van der Waals surface area contributed by atoms with Crippen molar-refractivity contribution in [2.75, 3.05) is 26.2 Å². The van der Waals surface area contributed by atoms with Crippen LogP contribution in [0.2, 0.25) is 0 Å². The molecule has 0 bridgehead atoms. The van der Waals surface area contributed by atoms with E-state index >= 15 is 0 Å². The highest BCUT2D eigenvalue weighted by Gasteiger charge is 2.41. The molecular weight excluding hydrogens is 369 g/mol. The van der Waals surface area contributed by atoms with Gasteiger partial charge in [0.05, 0.1) is 28.7 Å². The molecule has 5 nitrogen and oxygen atoms in total. The van der Waals surface area contributed by atoms with Crippen LogP contribution in [-0.2, 0) is 6.18 Å². The Labute approximate surface area is 160 Å². The van der Waals surface area contributed by atoms with Crippen LogP contribution >= 0.6 is 0 Å². The van der Waals surface area contributed by atoms with Crippen LogP contribution in [0.15, 0.2) is 30.5 Å². The molecule has 1 aliphatic carbocycles. The summed E-state index contributed by atoms with van der Waals surface area (Å²) in [5.41, 5.74) is 0.917. The zero-order chi connectivity index (χ0) is 19.5. The Hall–Kier alpha value is -2.35. The summed E-state index contributed by atoms with van der Waals surface area (Å²) in [6.07, 6.45) is -1.02. The lowest BCUT2D eigenvalue weighted by molar-refractivity contribution is -0.137. The maximum atomic E-state index is 13.2. The molecular formula is C20H21F3N4O. The van der Waals surface area contributed by atoms with Gasteiger partial charge >= 0.3 is 6.18 Å². The first-order valence-electron chi connectivity index (χ1n) is 9.67. The number of hydrogen-bond donors (Lipinski definition) is 1. The molecule has 2 saturated heterocycles. The van der Waals surface area contributed by atoms with Crippen LogP contribution in [0.4, 0.5) is 13.2 Å². The van der Waals surface area contributed by atoms with Gasteiger partial charge in [-0.25, -0.2) is 4.68 Å². The fourth-order valence-corrected chi connectivity index (χ4v) is 4.48. The summed E-state index contributed by atoms with van der Waals surface area (Å²) >= 11 is 0. The number of likely N-dealkylation sites (tertiary alicyclic amines) is 1. The van der Waals surface area contributed by atoms with Crippen LogP contribution < -0.4 is 5.32 Å². The number of halogens is 3. The van der Waals surface area contributed by atoms with E-state index in [1.165, 1.54) is 16.9 Å². The van der Waals surface area contributed by atoms with Gasteiger partial charge in [-0.05, 0) is 42.9 Å². The Balaban J connectivity index is 1.49. The van der Waals surface area contributed by atoms with Crippen molar-refractivity contribution in [3.63, 3.8) is 0 Å². The molecule has 1 aromatic heterocycles. The average Bonchev–Trinajstić information content (AvgIpc) is 3.07. The predicted molar refractivity (Wildman–Crippen MR) is 96.3 cm³/mol. The lowest BCUT2D eigenvalue weighted by atomic mass is 10.0. The summed E-state index contributed by atoms with van der Waals surface area (Å²) in [5.74, 6) is 1.12. The van der Waals surface area contributed by atoms with Gasteiger partial charge in [-0.15, -0.1) is 0 Å². The summed E-state index contributed by atoms with van der Waals surface area (Å²) in [7, 11) is 0. The SMILES string of the molecule is O=C(c1cnn(-c2cccc(C(F)(F)F)c2)c1C1CC1)N1C[C@H]2CNC[C@H]2C1. The first-order valence-corrected chi connectivity index (χ1v) is 9.67. The van der Waals surface area contributed by atoms with Crippen molar-refractivity contribution in [3.8, 4) is 5.69 Å². The molecule has 148 valence electrons. The number of aromatic nitrogens is 2. The molecule has 3 fully saturated rings. The third-order valence-corrected chi connectivity index (χ3v) is 6.10. The third-order valence-electron chi connectivity index (χ3n) is 6.10. The van der Waals surface area contributed by atoms with Gasteiger partial charge in [0, 0.05) is 32.1 Å². The van der Waals surface area contributed by atoms with E-state index in [1.807, 2.05) is 4.90 Å². The Bertz CT molecular complexity index is 906. The smallest absolute Gasteiger partial charge is 0.338 e. The van der Waals surface area contributed by atoms with E-state index in [0.717, 1.165) is 56.8 Å². The lowest BCUT2D eigenvalue weighted by Crippen LogP contribution is -2.32. The zero-order valence-electron chi connectivity index (χ0n) is 15.2. The second kappa shape index (κ2) is 6.34. The number of hydrogen-bond acceptors (Lipinski definition) is 3. The Morgan fingerprint density at radius 1 is 1.14 bits per heavy atom. The standard InChI is InChI=1S/C20H21F3N4O/c21-20(22,23)15-2-1-3-16(6-15)27-18(12-4-5-12)17(9-25-27)19(28)26-10-13-7-24-8-14(13)11-26/h1-3,6,9,12-14,24H,4-5,7-8,10-11H2/t13-,14+. The van der Waals surface area contributed by atoms with Gasteiger partial charge in [-0.3, -0.25) is 4.79 Å². The second-order valence-corrected chi connectivity index (χ2v) is 8.07. The molecule has 1 N–H and O–H groups in total. The summed E-state index contributed by atoms with van der Waals surface area (Å²) in [4.78, 5) is 15.1. The number of nitrogens with one attached hydrogen (secondary N) is 1. The van der Waals surface area contributed by atoms with Crippen molar-refractivity contribution >= 4 is 5.91 Å². The fraction of sp³-hybridized carbons (Fsp3) is 0.500. The number of benzene rings is 1. The average molecular weight is 390 g/mol. The van der Waals surface area contributed by atoms with E-state index in [4.69, 9.17) is 0 Å². The molecule has 2 atom stereocenters. The topological polar surface area (TPSA) is 50.2 Å². The Morgan fingerprint density at radius 2 is 1.86 bits per heavy atom. The van der Waals surface area contributed by atoms with E-state index in [9.17, 15) is 18.0 Å². The van der Waals surface area contributed by atoms with Crippen LogP contribution in [0.5, 0.6) is 0 Å². The Morgan fingerprint density at radius 3 is 2.50 bits per heavy atom. The molecule has 1 saturated carbocycles. The molecule has 3 heterocycles. The fourth-order valence-electron chi connectivity index (χ4n) is 4.48. The van der Waals surface area contributed by atoms with E-state index in [2.05, 4.69) is 10.4 Å². The van der Waals surface area contributed by atoms with E-state index in [-0.39, 0.29) is 11.8 Å². The van der Waals surface area contributed by atoms with Gasteiger partial charge in [-0.1, -0.05) is 6.07 Å². The van der Waals surface area contributed by atoms with Crippen molar-refractivity contribution < 1.29 is 18.0 Å². The van der Waals surface area contributed by atoms with Crippen LogP contribution in [0.1, 0.15) is 40.4 Å². The van der Waals surface area contributed by atoms with Crippen LogP contribution in [0, 0.1) is 11.8 Å². The number of rotatable bonds is 3. The second-order valence-electron chi connectivity index (χ2n) is 8.07. The lowest BCUT2D eigenvalue weighted by Gasteiger charge is -2.18. The van der Waals surface area contributed by atoms with Gasteiger partial charge in [0.15, 0.2) is 0 Å². The van der Waals surface area contributed by atoms with Crippen molar-refractivity contribution in [1.29, 1.82) is 0 Å². The molecule has 28 heavy (non-hydrogen) atoms. The molecule has 5 rings (SSSR count). The molecule has 0 unspecified atom stereocenters. The minimum atomic E-state index is -4.41. The van der Waals surface area contributed by atoms with Gasteiger partial charge in [0.1, 0.15) is 0 Å². The summed E-state index contributed by atoms with van der Waals surface area (Å²) in [6, 6.07) is 5.13. The van der Waals surface area contributed by atoms with E-state index in [0.29, 0.717) is 23.1 Å². The summed E-state index contributed by atoms with van der Waals surface area (Å²) in [6.45, 7) is 3.34. The number of carbonyl (C=O) groups excluding carboxylic acids is 1. The summed E-state index contributed by atoms with van der Waals surface area (Å²) in [5, 5.41) is 7.68. The van der Waals surface area contributed by atoms with Crippen LogP contribution in [-0.4, -0.2) is 46.8 Å². The number of fused-ring (bicyclic) bond motifs is 1. The quantitative estimate of drug-likeness (QED) is 0.877.